The standard InChI is InChI=1S/C12H16BrClN2.ClH/c13-12-7-10(14)2-1-9(12)8-16-5-3-11(15)4-6-16;/h1-2,7,11H,3-6,8,15H2;1H. The molecule has 0 atom stereocenters. The van der Waals surface area contributed by atoms with Gasteiger partial charge in [0.2, 0.25) is 0 Å². The first kappa shape index (κ1) is 15.3. The second-order valence-corrected chi connectivity index (χ2v) is 5.64. The molecule has 1 aliphatic rings. The van der Waals surface area contributed by atoms with E-state index in [1.165, 1.54) is 5.56 Å². The van der Waals surface area contributed by atoms with E-state index in [9.17, 15) is 0 Å². The van der Waals surface area contributed by atoms with Gasteiger partial charge in [0.25, 0.3) is 0 Å². The van der Waals surface area contributed by atoms with Crippen LogP contribution in [0.4, 0.5) is 0 Å². The summed E-state index contributed by atoms with van der Waals surface area (Å²) in [6.45, 7) is 3.16. The Morgan fingerprint density at radius 3 is 2.59 bits per heavy atom. The molecule has 0 aliphatic carbocycles. The Balaban J connectivity index is 0.00000144. The van der Waals surface area contributed by atoms with E-state index in [0.29, 0.717) is 6.04 Å². The number of nitrogens with two attached hydrogens (primary N) is 1. The van der Waals surface area contributed by atoms with Crippen molar-refractivity contribution in [3.63, 3.8) is 0 Å². The van der Waals surface area contributed by atoms with Gasteiger partial charge in [-0.2, -0.15) is 0 Å². The van der Waals surface area contributed by atoms with Crippen molar-refractivity contribution >= 4 is 39.9 Å². The molecule has 0 saturated carbocycles. The van der Waals surface area contributed by atoms with Crippen LogP contribution in [-0.4, -0.2) is 24.0 Å². The molecule has 0 spiro atoms. The minimum atomic E-state index is 0. The van der Waals surface area contributed by atoms with Crippen molar-refractivity contribution in [2.45, 2.75) is 25.4 Å². The van der Waals surface area contributed by atoms with Gasteiger partial charge in [0, 0.05) is 22.1 Å². The van der Waals surface area contributed by atoms with Gasteiger partial charge in [-0.1, -0.05) is 33.6 Å². The lowest BCUT2D eigenvalue weighted by molar-refractivity contribution is 0.205. The maximum absolute atomic E-state index is 5.92. The van der Waals surface area contributed by atoms with Gasteiger partial charge in [0.15, 0.2) is 0 Å². The van der Waals surface area contributed by atoms with Gasteiger partial charge in [0.05, 0.1) is 0 Å². The summed E-state index contributed by atoms with van der Waals surface area (Å²) in [6.07, 6.45) is 2.20. The molecule has 2 rings (SSSR count). The maximum atomic E-state index is 5.92. The lowest BCUT2D eigenvalue weighted by atomic mass is 10.1. The molecule has 17 heavy (non-hydrogen) atoms. The molecule has 5 heteroatoms. The first-order chi connectivity index (χ1) is 7.65. The summed E-state index contributed by atoms with van der Waals surface area (Å²) < 4.78 is 1.09. The smallest absolute Gasteiger partial charge is 0.0417 e. The van der Waals surface area contributed by atoms with Crippen molar-refractivity contribution in [3.05, 3.63) is 33.3 Å². The second kappa shape index (κ2) is 6.95. The van der Waals surface area contributed by atoms with E-state index in [0.717, 1.165) is 42.0 Å². The van der Waals surface area contributed by atoms with Gasteiger partial charge in [-0.15, -0.1) is 12.4 Å². The Bertz CT molecular complexity index is 366. The Morgan fingerprint density at radius 2 is 2.00 bits per heavy atom. The molecule has 1 heterocycles. The van der Waals surface area contributed by atoms with Crippen molar-refractivity contribution in [2.24, 2.45) is 5.73 Å². The molecule has 1 aliphatic heterocycles. The molecule has 1 aromatic rings. The highest BCUT2D eigenvalue weighted by Crippen LogP contribution is 2.23. The van der Waals surface area contributed by atoms with E-state index < -0.39 is 0 Å². The quantitative estimate of drug-likeness (QED) is 0.894. The molecular weight excluding hydrogens is 323 g/mol. The van der Waals surface area contributed by atoms with E-state index in [1.807, 2.05) is 12.1 Å². The fourth-order valence-corrected chi connectivity index (χ4v) is 2.81. The van der Waals surface area contributed by atoms with Crippen molar-refractivity contribution in [1.29, 1.82) is 0 Å². The van der Waals surface area contributed by atoms with Crippen LogP contribution in [-0.2, 0) is 6.54 Å². The molecular formula is C12H17BrCl2N2. The SMILES string of the molecule is Cl.NC1CCN(Cc2ccc(Cl)cc2Br)CC1. The highest BCUT2D eigenvalue weighted by Gasteiger charge is 2.16. The van der Waals surface area contributed by atoms with Gasteiger partial charge in [-0.3, -0.25) is 4.90 Å². The number of piperidine rings is 1. The summed E-state index contributed by atoms with van der Waals surface area (Å²) in [4.78, 5) is 2.44. The van der Waals surface area contributed by atoms with Crippen LogP contribution in [0.15, 0.2) is 22.7 Å². The third-order valence-corrected chi connectivity index (χ3v) is 4.01. The molecule has 0 amide bonds. The molecule has 2 nitrogen and oxygen atoms in total. The average molecular weight is 340 g/mol. The van der Waals surface area contributed by atoms with Gasteiger partial charge in [-0.25, -0.2) is 0 Å². The average Bonchev–Trinajstić information content (AvgIpc) is 2.25. The molecule has 0 radical (unpaired) electrons. The number of rotatable bonds is 2. The van der Waals surface area contributed by atoms with Crippen LogP contribution in [0, 0.1) is 0 Å². The minimum absolute atomic E-state index is 0. The van der Waals surface area contributed by atoms with E-state index >= 15 is 0 Å². The van der Waals surface area contributed by atoms with Crippen molar-refractivity contribution in [1.82, 2.24) is 4.90 Å². The van der Waals surface area contributed by atoms with E-state index in [-0.39, 0.29) is 12.4 Å². The molecule has 2 N–H and O–H groups in total. The van der Waals surface area contributed by atoms with E-state index in [1.54, 1.807) is 0 Å². The predicted molar refractivity (Wildman–Crippen MR) is 78.9 cm³/mol. The number of nitrogens with zero attached hydrogens (tertiary/aromatic N) is 1. The fraction of sp³-hybridized carbons (Fsp3) is 0.500. The molecule has 0 aromatic heterocycles. The first-order valence-electron chi connectivity index (χ1n) is 5.57. The summed E-state index contributed by atoms with van der Waals surface area (Å²) in [6, 6.07) is 6.37. The summed E-state index contributed by atoms with van der Waals surface area (Å²) in [5.41, 5.74) is 7.18. The highest BCUT2D eigenvalue weighted by atomic mass is 79.9. The molecule has 0 unspecified atom stereocenters. The van der Waals surface area contributed by atoms with Crippen LogP contribution in [0.1, 0.15) is 18.4 Å². The number of hydrogen-bond acceptors (Lipinski definition) is 2. The number of benzene rings is 1. The number of hydrogen-bond donors (Lipinski definition) is 1. The monoisotopic (exact) mass is 338 g/mol. The van der Waals surface area contributed by atoms with Gasteiger partial charge in [-0.05, 0) is 43.6 Å². The van der Waals surface area contributed by atoms with Crippen LogP contribution in [0.5, 0.6) is 0 Å². The summed E-state index contributed by atoms with van der Waals surface area (Å²) in [5, 5.41) is 0.774. The van der Waals surface area contributed by atoms with Gasteiger partial charge < -0.3 is 5.73 Å². The molecule has 1 aromatic carbocycles. The topological polar surface area (TPSA) is 29.3 Å². The number of likely N-dealkylation sites (tertiary alicyclic amines) is 1. The fourth-order valence-electron chi connectivity index (χ4n) is 2.00. The normalized spacial score (nSPS) is 17.8. The number of halogens is 3. The third-order valence-electron chi connectivity index (χ3n) is 3.04. The van der Waals surface area contributed by atoms with Gasteiger partial charge >= 0.3 is 0 Å². The Morgan fingerprint density at radius 1 is 1.35 bits per heavy atom. The summed E-state index contributed by atoms with van der Waals surface area (Å²) in [7, 11) is 0. The van der Waals surface area contributed by atoms with Gasteiger partial charge in [0.1, 0.15) is 0 Å². The van der Waals surface area contributed by atoms with Crippen molar-refractivity contribution < 1.29 is 0 Å². The van der Waals surface area contributed by atoms with Crippen LogP contribution in [0.25, 0.3) is 0 Å². The largest absolute Gasteiger partial charge is 0.328 e. The molecule has 1 saturated heterocycles. The van der Waals surface area contributed by atoms with Crippen molar-refractivity contribution in [2.75, 3.05) is 13.1 Å². The minimum Gasteiger partial charge on any atom is -0.328 e. The lowest BCUT2D eigenvalue weighted by Gasteiger charge is -2.30. The van der Waals surface area contributed by atoms with Crippen LogP contribution >= 0.6 is 39.9 Å². The third kappa shape index (κ3) is 4.42. The molecule has 1 fully saturated rings. The van der Waals surface area contributed by atoms with Crippen LogP contribution in [0.2, 0.25) is 5.02 Å². The van der Waals surface area contributed by atoms with Crippen molar-refractivity contribution in [3.8, 4) is 0 Å². The lowest BCUT2D eigenvalue weighted by Crippen LogP contribution is -2.39. The van der Waals surface area contributed by atoms with Crippen LogP contribution < -0.4 is 5.73 Å². The zero-order valence-corrected chi connectivity index (χ0v) is 12.7. The molecule has 96 valence electrons. The Kier molecular flexibility index (Phi) is 6.24. The molecule has 0 bridgehead atoms. The Labute approximate surface area is 122 Å². The first-order valence-corrected chi connectivity index (χ1v) is 6.74. The summed E-state index contributed by atoms with van der Waals surface area (Å²) >= 11 is 9.47. The van der Waals surface area contributed by atoms with E-state index in [4.69, 9.17) is 17.3 Å². The van der Waals surface area contributed by atoms with E-state index in [2.05, 4.69) is 26.9 Å². The summed E-state index contributed by atoms with van der Waals surface area (Å²) in [5.74, 6) is 0. The predicted octanol–water partition coefficient (Wildman–Crippen LogP) is 3.45. The van der Waals surface area contributed by atoms with Crippen LogP contribution in [0.3, 0.4) is 0 Å². The zero-order valence-electron chi connectivity index (χ0n) is 9.53. The Hall–Kier alpha value is 0.200. The highest BCUT2D eigenvalue weighted by molar-refractivity contribution is 9.10. The zero-order chi connectivity index (χ0) is 11.5. The second-order valence-electron chi connectivity index (χ2n) is 4.35. The maximum Gasteiger partial charge on any atom is 0.0417 e.